The highest BCUT2D eigenvalue weighted by Crippen LogP contribution is 2.49. The highest BCUT2D eigenvalue weighted by atomic mass is 127. The van der Waals surface area contributed by atoms with Crippen molar-refractivity contribution in [2.45, 2.75) is 44.1 Å². The molecule has 258 valence electrons. The zero-order valence-electron chi connectivity index (χ0n) is 28.3. The Balaban J connectivity index is 1.29. The zero-order chi connectivity index (χ0) is 35.6. The minimum Gasteiger partial charge on any atom is -0.424 e. The van der Waals surface area contributed by atoms with Crippen LogP contribution in [0, 0.1) is 5.92 Å². The molecule has 2 aromatic heterocycles. The molecular weight excluding hydrogens is 769 g/mol. The standard InChI is InChI=1S/C40H38IN5O4Si/c1-40(2,51(49,32-19-11-5-12-20-32)33-21-13-6-14-22-33)24-30-23-31(25-41)50-39(30)45-27-44-34-35(45)42-26-43-36(34)46(37(47)28-15-7-3-8-16-28)38(48)29-17-9-4-10-18-29/h3-22,26-27,30-31,39,49H,23-25H2,1-2H3/t30-,31-,39+/m0/s1. The molecule has 2 amide bonds. The third-order valence-electron chi connectivity index (χ3n) is 9.88. The van der Waals surface area contributed by atoms with Crippen LogP contribution in [0.2, 0.25) is 5.04 Å². The number of anilines is 1. The molecule has 1 fully saturated rings. The molecule has 1 N–H and O–H groups in total. The largest absolute Gasteiger partial charge is 0.424 e. The van der Waals surface area contributed by atoms with Crippen molar-refractivity contribution < 1.29 is 19.1 Å². The molecule has 0 bridgehead atoms. The summed E-state index contributed by atoms with van der Waals surface area (Å²) in [6.45, 7) is 4.34. The molecule has 9 nitrogen and oxygen atoms in total. The minimum atomic E-state index is -3.30. The molecule has 3 atom stereocenters. The number of hydrogen-bond acceptors (Lipinski definition) is 7. The maximum atomic E-state index is 14.1. The summed E-state index contributed by atoms with van der Waals surface area (Å²) in [6.07, 6.45) is 4.01. The number of alkyl halides is 1. The summed E-state index contributed by atoms with van der Waals surface area (Å²) in [4.78, 5) is 56.0. The van der Waals surface area contributed by atoms with Gasteiger partial charge in [-0.3, -0.25) is 14.2 Å². The topological polar surface area (TPSA) is 110 Å². The second kappa shape index (κ2) is 14.6. The number of rotatable bonds is 10. The van der Waals surface area contributed by atoms with E-state index in [-0.39, 0.29) is 17.8 Å². The van der Waals surface area contributed by atoms with Crippen molar-refractivity contribution >= 4 is 70.1 Å². The van der Waals surface area contributed by atoms with E-state index in [2.05, 4.69) is 46.4 Å². The number of benzene rings is 4. The number of carbonyl (C=O) groups is 2. The SMILES string of the molecule is CC(C)(C[C@@H]1C[C@@H](CI)O[C@H]1n1cnc2c(N(C(=O)c3ccccc3)C(=O)c3ccccc3)ncnc21)[Si](O)(c1ccccc1)c1ccccc1. The van der Waals surface area contributed by atoms with Crippen molar-refractivity contribution in [1.29, 1.82) is 0 Å². The smallest absolute Gasteiger partial charge is 0.266 e. The van der Waals surface area contributed by atoms with Gasteiger partial charge in [-0.15, -0.1) is 0 Å². The fourth-order valence-electron chi connectivity index (χ4n) is 7.40. The van der Waals surface area contributed by atoms with E-state index in [1.165, 1.54) is 6.33 Å². The van der Waals surface area contributed by atoms with Crippen molar-refractivity contribution in [3.05, 3.63) is 145 Å². The number of imide groups is 1. The molecule has 1 saturated heterocycles. The van der Waals surface area contributed by atoms with E-state index in [1.807, 2.05) is 77.4 Å². The Kier molecular flexibility index (Phi) is 9.97. The van der Waals surface area contributed by atoms with Crippen molar-refractivity contribution in [3.63, 3.8) is 0 Å². The average Bonchev–Trinajstić information content (AvgIpc) is 3.79. The summed E-state index contributed by atoms with van der Waals surface area (Å²) >= 11 is 2.36. The predicted molar refractivity (Wildman–Crippen MR) is 209 cm³/mol. The molecule has 4 aromatic carbocycles. The number of carbonyl (C=O) groups excluding carboxylic acids is 2. The third-order valence-corrected chi connectivity index (χ3v) is 15.4. The highest BCUT2D eigenvalue weighted by Gasteiger charge is 2.53. The van der Waals surface area contributed by atoms with Crippen LogP contribution in [0.1, 0.15) is 53.6 Å². The third kappa shape index (κ3) is 6.55. The van der Waals surface area contributed by atoms with Gasteiger partial charge in [-0.2, -0.15) is 0 Å². The molecule has 11 heteroatoms. The lowest BCUT2D eigenvalue weighted by Crippen LogP contribution is -2.65. The van der Waals surface area contributed by atoms with Gasteiger partial charge in [0.15, 0.2) is 17.0 Å². The van der Waals surface area contributed by atoms with Crippen molar-refractivity contribution in [2.75, 3.05) is 9.33 Å². The Morgan fingerprint density at radius 2 is 1.33 bits per heavy atom. The first-order valence-corrected chi connectivity index (χ1v) is 20.4. The average molecular weight is 808 g/mol. The van der Waals surface area contributed by atoms with Gasteiger partial charge < -0.3 is 9.53 Å². The molecule has 0 unspecified atom stereocenters. The minimum absolute atomic E-state index is 0.00460. The Morgan fingerprint density at radius 1 is 0.824 bits per heavy atom. The second-order valence-corrected chi connectivity index (χ2v) is 18.3. The zero-order valence-corrected chi connectivity index (χ0v) is 31.5. The molecular formula is C40H38IN5O4Si. The number of ether oxygens (including phenoxy) is 1. The molecule has 1 aliphatic heterocycles. The molecule has 3 heterocycles. The first-order chi connectivity index (χ1) is 24.7. The highest BCUT2D eigenvalue weighted by molar-refractivity contribution is 14.1. The molecule has 1 aliphatic rings. The lowest BCUT2D eigenvalue weighted by atomic mass is 9.92. The van der Waals surface area contributed by atoms with Gasteiger partial charge in [0.1, 0.15) is 12.6 Å². The maximum Gasteiger partial charge on any atom is 0.266 e. The van der Waals surface area contributed by atoms with E-state index >= 15 is 0 Å². The van der Waals surface area contributed by atoms with Gasteiger partial charge in [-0.25, -0.2) is 19.9 Å². The van der Waals surface area contributed by atoms with Crippen LogP contribution in [-0.2, 0) is 4.74 Å². The predicted octanol–water partition coefficient (Wildman–Crippen LogP) is 6.57. The molecule has 0 spiro atoms. The first-order valence-electron chi connectivity index (χ1n) is 16.9. The van der Waals surface area contributed by atoms with Gasteiger partial charge in [-0.1, -0.05) is 134 Å². The van der Waals surface area contributed by atoms with Crippen LogP contribution in [0.25, 0.3) is 11.2 Å². The van der Waals surface area contributed by atoms with Crippen molar-refractivity contribution in [2.24, 2.45) is 5.92 Å². The lowest BCUT2D eigenvalue weighted by molar-refractivity contribution is -0.00278. The fourth-order valence-corrected chi connectivity index (χ4v) is 11.8. The molecule has 0 radical (unpaired) electrons. The Bertz CT molecular complexity index is 2040. The Labute approximate surface area is 311 Å². The number of hydrogen-bond donors (Lipinski definition) is 1. The Hall–Kier alpha value is -4.56. The van der Waals surface area contributed by atoms with Gasteiger partial charge in [0.25, 0.3) is 20.1 Å². The summed E-state index contributed by atoms with van der Waals surface area (Å²) in [7, 11) is -3.30. The summed E-state index contributed by atoms with van der Waals surface area (Å²) in [5.74, 6) is -0.953. The van der Waals surface area contributed by atoms with Crippen molar-refractivity contribution in [3.8, 4) is 0 Å². The van der Waals surface area contributed by atoms with Gasteiger partial charge in [0, 0.05) is 21.5 Å². The number of fused-ring (bicyclic) bond motifs is 1. The van der Waals surface area contributed by atoms with E-state index in [9.17, 15) is 14.4 Å². The summed E-state index contributed by atoms with van der Waals surface area (Å²) in [6, 6.07) is 37.4. The van der Waals surface area contributed by atoms with Crippen LogP contribution in [0.15, 0.2) is 134 Å². The summed E-state index contributed by atoms with van der Waals surface area (Å²) in [5.41, 5.74) is 1.44. The molecule has 6 aromatic rings. The molecule has 7 rings (SSSR count). The summed E-state index contributed by atoms with van der Waals surface area (Å²) < 4.78 is 9.41. The van der Waals surface area contributed by atoms with E-state index in [4.69, 9.17) is 9.72 Å². The fraction of sp³-hybridized carbons (Fsp3) is 0.225. The maximum absolute atomic E-state index is 14.1. The number of aromatic nitrogens is 4. The van der Waals surface area contributed by atoms with E-state index in [0.29, 0.717) is 28.7 Å². The van der Waals surface area contributed by atoms with Gasteiger partial charge in [-0.05, 0) is 52.5 Å². The second-order valence-electron chi connectivity index (χ2n) is 13.5. The first kappa shape index (κ1) is 34.9. The van der Waals surface area contributed by atoms with Crippen LogP contribution >= 0.6 is 22.6 Å². The van der Waals surface area contributed by atoms with E-state index in [0.717, 1.165) is 26.1 Å². The summed E-state index contributed by atoms with van der Waals surface area (Å²) in [5, 5.41) is 1.40. The van der Waals surface area contributed by atoms with Gasteiger partial charge in [0.05, 0.1) is 12.4 Å². The Morgan fingerprint density at radius 3 is 1.84 bits per heavy atom. The van der Waals surface area contributed by atoms with Gasteiger partial charge in [0.2, 0.25) is 0 Å². The van der Waals surface area contributed by atoms with Crippen LogP contribution in [0.3, 0.4) is 0 Å². The molecule has 0 aliphatic carbocycles. The number of nitrogens with zero attached hydrogens (tertiary/aromatic N) is 5. The van der Waals surface area contributed by atoms with Crippen LogP contribution in [0.5, 0.6) is 0 Å². The number of amides is 2. The number of imidazole rings is 1. The van der Waals surface area contributed by atoms with Crippen LogP contribution in [0.4, 0.5) is 5.82 Å². The van der Waals surface area contributed by atoms with Gasteiger partial charge >= 0.3 is 0 Å². The lowest BCUT2D eigenvalue weighted by Gasteiger charge is -2.43. The van der Waals surface area contributed by atoms with Crippen LogP contribution in [-0.4, -0.2) is 55.0 Å². The molecule has 0 saturated carbocycles. The van der Waals surface area contributed by atoms with Crippen molar-refractivity contribution in [1.82, 2.24) is 19.5 Å². The van der Waals surface area contributed by atoms with E-state index < -0.39 is 31.4 Å². The quantitative estimate of drug-likeness (QED) is 0.0722. The van der Waals surface area contributed by atoms with Crippen LogP contribution < -0.4 is 15.3 Å². The molecule has 51 heavy (non-hydrogen) atoms. The van der Waals surface area contributed by atoms with E-state index in [1.54, 1.807) is 54.9 Å². The number of halogens is 1. The normalized spacial score (nSPS) is 17.8. The monoisotopic (exact) mass is 807 g/mol.